The van der Waals surface area contributed by atoms with E-state index in [-0.39, 0.29) is 12.1 Å². The Morgan fingerprint density at radius 1 is 1.22 bits per heavy atom. The van der Waals surface area contributed by atoms with Gasteiger partial charge in [-0.1, -0.05) is 12.1 Å². The lowest BCUT2D eigenvalue weighted by molar-refractivity contribution is -0.131. The molecule has 1 fully saturated rings. The standard InChI is InChI=1S/C18H16N4O4S/c1-18(11-3-5-13(26-2)6-4-11)15(24)22(16(25)20-18)10-12-9-14(23)21-7-8-27-17(21)19-12/h3-9H,10H2,1-2H3,(H,20,25). The van der Waals surface area contributed by atoms with Gasteiger partial charge in [-0.15, -0.1) is 11.3 Å². The first-order chi connectivity index (χ1) is 12.9. The lowest BCUT2D eigenvalue weighted by atomic mass is 9.92. The van der Waals surface area contributed by atoms with E-state index in [1.54, 1.807) is 49.9 Å². The number of nitrogens with one attached hydrogen (secondary N) is 1. The Kier molecular flexibility index (Phi) is 3.96. The molecule has 3 amide bonds. The Balaban J connectivity index is 1.64. The van der Waals surface area contributed by atoms with Crippen LogP contribution in [0.4, 0.5) is 4.79 Å². The van der Waals surface area contributed by atoms with E-state index in [9.17, 15) is 14.4 Å². The molecular formula is C18H16N4O4S. The fraction of sp³-hybridized carbons (Fsp3) is 0.222. The van der Waals surface area contributed by atoms with Crippen molar-refractivity contribution in [1.82, 2.24) is 19.6 Å². The number of benzene rings is 1. The van der Waals surface area contributed by atoms with E-state index in [0.717, 1.165) is 4.90 Å². The van der Waals surface area contributed by atoms with Crippen LogP contribution in [-0.2, 0) is 16.9 Å². The Bertz CT molecular complexity index is 1100. The number of imide groups is 1. The number of ether oxygens (including phenoxy) is 1. The third kappa shape index (κ3) is 2.76. The molecule has 1 N–H and O–H groups in total. The van der Waals surface area contributed by atoms with Crippen molar-refractivity contribution in [2.24, 2.45) is 0 Å². The number of carbonyl (C=O) groups is 2. The van der Waals surface area contributed by atoms with Crippen LogP contribution >= 0.6 is 11.3 Å². The third-order valence-electron chi connectivity index (χ3n) is 4.62. The molecule has 4 rings (SSSR count). The van der Waals surface area contributed by atoms with Crippen LogP contribution < -0.4 is 15.6 Å². The normalized spacial score (nSPS) is 19.6. The van der Waals surface area contributed by atoms with Gasteiger partial charge in [-0.3, -0.25) is 18.9 Å². The molecule has 0 spiro atoms. The summed E-state index contributed by atoms with van der Waals surface area (Å²) in [5.41, 5.74) is -0.428. The predicted octanol–water partition coefficient (Wildman–Crippen LogP) is 1.73. The molecule has 1 aromatic carbocycles. The van der Waals surface area contributed by atoms with Gasteiger partial charge in [0.25, 0.3) is 11.5 Å². The van der Waals surface area contributed by atoms with E-state index in [4.69, 9.17) is 4.74 Å². The van der Waals surface area contributed by atoms with E-state index < -0.39 is 17.5 Å². The van der Waals surface area contributed by atoms with Crippen LogP contribution in [0, 0.1) is 0 Å². The molecule has 27 heavy (non-hydrogen) atoms. The van der Waals surface area contributed by atoms with Gasteiger partial charge < -0.3 is 10.1 Å². The first-order valence-corrected chi connectivity index (χ1v) is 9.05. The summed E-state index contributed by atoms with van der Waals surface area (Å²) < 4.78 is 6.55. The minimum Gasteiger partial charge on any atom is -0.497 e. The molecule has 3 aromatic rings. The van der Waals surface area contributed by atoms with Crippen molar-refractivity contribution in [3.8, 4) is 5.75 Å². The zero-order valence-electron chi connectivity index (χ0n) is 14.6. The molecule has 0 aliphatic carbocycles. The molecule has 1 saturated heterocycles. The lowest BCUT2D eigenvalue weighted by Crippen LogP contribution is -2.40. The number of hydrogen-bond acceptors (Lipinski definition) is 6. The molecule has 0 bridgehead atoms. The average Bonchev–Trinajstić information content (AvgIpc) is 3.21. The number of aromatic nitrogens is 2. The largest absolute Gasteiger partial charge is 0.497 e. The molecule has 2 aromatic heterocycles. The van der Waals surface area contributed by atoms with Crippen molar-refractivity contribution in [2.75, 3.05) is 7.11 Å². The quantitative estimate of drug-likeness (QED) is 0.692. The van der Waals surface area contributed by atoms with Gasteiger partial charge in [-0.25, -0.2) is 9.78 Å². The molecule has 1 aliphatic heterocycles. The minimum atomic E-state index is -1.19. The summed E-state index contributed by atoms with van der Waals surface area (Å²) in [5, 5.41) is 4.49. The molecule has 1 aliphatic rings. The van der Waals surface area contributed by atoms with Crippen molar-refractivity contribution in [3.05, 3.63) is 63.5 Å². The van der Waals surface area contributed by atoms with Gasteiger partial charge >= 0.3 is 6.03 Å². The Morgan fingerprint density at radius 3 is 2.67 bits per heavy atom. The number of urea groups is 1. The number of amides is 3. The van der Waals surface area contributed by atoms with Gasteiger partial charge in [0, 0.05) is 17.6 Å². The van der Waals surface area contributed by atoms with Gasteiger partial charge in [-0.2, -0.15) is 0 Å². The predicted molar refractivity (Wildman–Crippen MR) is 98.8 cm³/mol. The summed E-state index contributed by atoms with van der Waals surface area (Å²) in [6.07, 6.45) is 1.63. The molecule has 1 atom stereocenters. The maximum Gasteiger partial charge on any atom is 0.325 e. The maximum absolute atomic E-state index is 13.0. The number of thiazole rings is 1. The molecular weight excluding hydrogens is 368 g/mol. The Morgan fingerprint density at radius 2 is 1.96 bits per heavy atom. The fourth-order valence-corrected chi connectivity index (χ4v) is 3.83. The number of hydrogen-bond donors (Lipinski definition) is 1. The number of carbonyl (C=O) groups excluding carboxylic acids is 2. The second kappa shape index (κ2) is 6.20. The zero-order chi connectivity index (χ0) is 19.2. The van der Waals surface area contributed by atoms with Crippen LogP contribution in [0.3, 0.4) is 0 Å². The minimum absolute atomic E-state index is 0.0694. The molecule has 138 valence electrons. The highest BCUT2D eigenvalue weighted by Crippen LogP contribution is 2.30. The van der Waals surface area contributed by atoms with Crippen LogP contribution in [0.25, 0.3) is 4.96 Å². The fourth-order valence-electron chi connectivity index (χ4n) is 3.09. The molecule has 9 heteroatoms. The van der Waals surface area contributed by atoms with E-state index in [1.165, 1.54) is 21.8 Å². The summed E-state index contributed by atoms with van der Waals surface area (Å²) in [6, 6.07) is 7.76. The van der Waals surface area contributed by atoms with Crippen LogP contribution in [-0.4, -0.2) is 33.3 Å². The monoisotopic (exact) mass is 384 g/mol. The van der Waals surface area contributed by atoms with Crippen LogP contribution in [0.5, 0.6) is 5.75 Å². The van der Waals surface area contributed by atoms with Gasteiger partial charge in [0.15, 0.2) is 4.96 Å². The number of rotatable bonds is 4. The summed E-state index contributed by atoms with van der Waals surface area (Å²) in [7, 11) is 1.56. The summed E-state index contributed by atoms with van der Waals surface area (Å²) in [4.78, 5) is 43.5. The van der Waals surface area contributed by atoms with E-state index in [0.29, 0.717) is 22.0 Å². The summed E-state index contributed by atoms with van der Waals surface area (Å²) in [5.74, 6) is 0.260. The van der Waals surface area contributed by atoms with Crippen LogP contribution in [0.2, 0.25) is 0 Å². The highest BCUT2D eigenvalue weighted by atomic mass is 32.1. The number of methoxy groups -OCH3 is 1. The second-order valence-electron chi connectivity index (χ2n) is 6.32. The van der Waals surface area contributed by atoms with E-state index in [1.807, 2.05) is 0 Å². The average molecular weight is 384 g/mol. The third-order valence-corrected chi connectivity index (χ3v) is 5.38. The summed E-state index contributed by atoms with van der Waals surface area (Å²) in [6.45, 7) is 1.58. The van der Waals surface area contributed by atoms with Gasteiger partial charge in [0.05, 0.1) is 19.3 Å². The van der Waals surface area contributed by atoms with E-state index >= 15 is 0 Å². The first kappa shape index (κ1) is 17.2. The van der Waals surface area contributed by atoms with E-state index in [2.05, 4.69) is 10.3 Å². The van der Waals surface area contributed by atoms with Crippen LogP contribution in [0.15, 0.2) is 46.7 Å². The van der Waals surface area contributed by atoms with Crippen molar-refractivity contribution in [2.45, 2.75) is 19.0 Å². The van der Waals surface area contributed by atoms with Crippen molar-refractivity contribution >= 4 is 28.2 Å². The van der Waals surface area contributed by atoms with Crippen molar-refractivity contribution in [3.63, 3.8) is 0 Å². The zero-order valence-corrected chi connectivity index (χ0v) is 15.4. The lowest BCUT2D eigenvalue weighted by Gasteiger charge is -2.22. The van der Waals surface area contributed by atoms with Crippen molar-refractivity contribution < 1.29 is 14.3 Å². The molecule has 0 radical (unpaired) electrons. The maximum atomic E-state index is 13.0. The van der Waals surface area contributed by atoms with Gasteiger partial charge in [0.1, 0.15) is 11.3 Å². The second-order valence-corrected chi connectivity index (χ2v) is 7.19. The Hall–Kier alpha value is -3.20. The highest BCUT2D eigenvalue weighted by molar-refractivity contribution is 7.15. The molecule has 0 saturated carbocycles. The molecule has 1 unspecified atom stereocenters. The van der Waals surface area contributed by atoms with Gasteiger partial charge in [0.2, 0.25) is 0 Å². The summed E-state index contributed by atoms with van der Waals surface area (Å²) >= 11 is 1.31. The van der Waals surface area contributed by atoms with Crippen LogP contribution in [0.1, 0.15) is 18.2 Å². The Labute approximate surface area is 158 Å². The SMILES string of the molecule is COc1ccc(C2(C)NC(=O)N(Cc3cc(=O)n4ccsc4n3)C2=O)cc1. The van der Waals surface area contributed by atoms with Crippen molar-refractivity contribution in [1.29, 1.82) is 0 Å². The number of fused-ring (bicyclic) bond motifs is 1. The van der Waals surface area contributed by atoms with Gasteiger partial charge in [-0.05, 0) is 24.6 Å². The smallest absolute Gasteiger partial charge is 0.325 e. The molecule has 3 heterocycles. The number of nitrogens with zero attached hydrogens (tertiary/aromatic N) is 3. The highest BCUT2D eigenvalue weighted by Gasteiger charge is 2.49. The molecule has 8 nitrogen and oxygen atoms in total. The topological polar surface area (TPSA) is 93.0 Å². The first-order valence-electron chi connectivity index (χ1n) is 8.17.